The number of aliphatic hydroxyl groups excluding tert-OH is 1. The third-order valence-electron chi connectivity index (χ3n) is 4.27. The van der Waals surface area contributed by atoms with Crippen molar-refractivity contribution in [1.29, 1.82) is 0 Å². The number of benzene rings is 1. The number of H-pyrrole nitrogens is 1. The summed E-state index contributed by atoms with van der Waals surface area (Å²) in [7, 11) is 0. The Kier molecular flexibility index (Phi) is 4.37. The lowest BCUT2D eigenvalue weighted by Gasteiger charge is -2.17. The molecule has 23 heavy (non-hydrogen) atoms. The summed E-state index contributed by atoms with van der Waals surface area (Å²) < 4.78 is 13.3. The molecule has 0 saturated carbocycles. The van der Waals surface area contributed by atoms with Crippen molar-refractivity contribution in [3.63, 3.8) is 0 Å². The minimum Gasteiger partial charge on any atom is -0.393 e. The summed E-state index contributed by atoms with van der Waals surface area (Å²) in [5.41, 5.74) is 1.53. The molecule has 1 fully saturated rings. The van der Waals surface area contributed by atoms with E-state index in [2.05, 4.69) is 10.2 Å². The molecule has 0 spiro atoms. The lowest BCUT2D eigenvalue weighted by molar-refractivity contribution is 0.0763. The molecule has 1 aromatic carbocycles. The molecule has 1 aliphatic rings. The van der Waals surface area contributed by atoms with Crippen LogP contribution in [0, 0.1) is 11.7 Å². The number of carbonyl (C=O) groups is 1. The molecule has 1 saturated heterocycles. The topological polar surface area (TPSA) is 69.2 Å². The molecule has 2 unspecified atom stereocenters. The van der Waals surface area contributed by atoms with Crippen molar-refractivity contribution in [2.24, 2.45) is 5.92 Å². The maximum absolute atomic E-state index is 13.3. The first-order valence-electron chi connectivity index (χ1n) is 7.43. The van der Waals surface area contributed by atoms with Crippen molar-refractivity contribution < 1.29 is 14.3 Å². The van der Waals surface area contributed by atoms with Gasteiger partial charge in [-0.3, -0.25) is 9.89 Å². The Labute approximate surface area is 138 Å². The summed E-state index contributed by atoms with van der Waals surface area (Å²) in [6.45, 7) is 2.86. The van der Waals surface area contributed by atoms with Gasteiger partial charge in [0.05, 0.1) is 28.6 Å². The molecule has 2 N–H and O–H groups in total. The fraction of sp³-hybridized carbons (Fsp3) is 0.375. The van der Waals surface area contributed by atoms with Crippen LogP contribution in [0.3, 0.4) is 0 Å². The molecule has 2 heterocycles. The van der Waals surface area contributed by atoms with Gasteiger partial charge in [-0.2, -0.15) is 5.10 Å². The van der Waals surface area contributed by atoms with Crippen molar-refractivity contribution >= 4 is 17.5 Å². The van der Waals surface area contributed by atoms with E-state index < -0.39 is 11.9 Å². The average Bonchev–Trinajstić information content (AvgIpc) is 3.18. The first-order valence-corrected chi connectivity index (χ1v) is 7.81. The van der Waals surface area contributed by atoms with Crippen LogP contribution in [0.1, 0.15) is 23.7 Å². The maximum atomic E-state index is 13.3. The van der Waals surface area contributed by atoms with E-state index in [1.54, 1.807) is 17.9 Å². The lowest BCUT2D eigenvalue weighted by Crippen LogP contribution is -2.30. The molecule has 2 aromatic rings. The van der Waals surface area contributed by atoms with Gasteiger partial charge in [0.25, 0.3) is 5.91 Å². The molecule has 1 aromatic heterocycles. The second kappa shape index (κ2) is 6.29. The van der Waals surface area contributed by atoms with Crippen LogP contribution in [0.15, 0.2) is 24.4 Å². The molecular formula is C16H17ClFN3O2. The van der Waals surface area contributed by atoms with E-state index in [4.69, 9.17) is 11.6 Å². The van der Waals surface area contributed by atoms with Gasteiger partial charge in [-0.05, 0) is 31.5 Å². The van der Waals surface area contributed by atoms with Gasteiger partial charge in [-0.1, -0.05) is 11.6 Å². The number of aromatic nitrogens is 2. The third kappa shape index (κ3) is 3.09. The van der Waals surface area contributed by atoms with E-state index >= 15 is 0 Å². The van der Waals surface area contributed by atoms with E-state index in [0.29, 0.717) is 29.9 Å². The molecule has 1 amide bonds. The van der Waals surface area contributed by atoms with Crippen molar-refractivity contribution in [3.8, 4) is 11.3 Å². The Hall–Kier alpha value is -1.92. The fourth-order valence-corrected chi connectivity index (χ4v) is 3.04. The molecule has 122 valence electrons. The Morgan fingerprint density at radius 3 is 3.00 bits per heavy atom. The van der Waals surface area contributed by atoms with Crippen LogP contribution < -0.4 is 0 Å². The number of nitrogens with one attached hydrogen (secondary N) is 1. The zero-order valence-electron chi connectivity index (χ0n) is 12.6. The smallest absolute Gasteiger partial charge is 0.257 e. The second-order valence-corrected chi connectivity index (χ2v) is 6.24. The number of aliphatic hydroxyl groups is 1. The van der Waals surface area contributed by atoms with Crippen LogP contribution in [0.4, 0.5) is 4.39 Å². The molecule has 1 aliphatic heterocycles. The average molecular weight is 338 g/mol. The first-order chi connectivity index (χ1) is 11.0. The van der Waals surface area contributed by atoms with E-state index in [1.165, 1.54) is 18.3 Å². The summed E-state index contributed by atoms with van der Waals surface area (Å²) in [4.78, 5) is 14.4. The van der Waals surface area contributed by atoms with Crippen molar-refractivity contribution in [3.05, 3.63) is 40.8 Å². The number of rotatable bonds is 3. The van der Waals surface area contributed by atoms with Gasteiger partial charge >= 0.3 is 0 Å². The highest BCUT2D eigenvalue weighted by Gasteiger charge is 2.31. The zero-order chi connectivity index (χ0) is 16.6. The molecule has 5 nitrogen and oxygen atoms in total. The summed E-state index contributed by atoms with van der Waals surface area (Å²) in [5, 5.41) is 16.4. The quantitative estimate of drug-likeness (QED) is 0.904. The van der Waals surface area contributed by atoms with E-state index in [-0.39, 0.29) is 16.8 Å². The van der Waals surface area contributed by atoms with Gasteiger partial charge in [0.1, 0.15) is 5.82 Å². The molecule has 7 heteroatoms. The fourth-order valence-electron chi connectivity index (χ4n) is 2.86. The minimum atomic E-state index is -0.512. The predicted molar refractivity (Wildman–Crippen MR) is 84.7 cm³/mol. The van der Waals surface area contributed by atoms with Crippen LogP contribution in [0.5, 0.6) is 0 Å². The van der Waals surface area contributed by atoms with E-state index in [1.807, 2.05) is 0 Å². The van der Waals surface area contributed by atoms with Gasteiger partial charge in [-0.15, -0.1) is 0 Å². The van der Waals surface area contributed by atoms with Crippen LogP contribution in [0.2, 0.25) is 5.02 Å². The zero-order valence-corrected chi connectivity index (χ0v) is 13.3. The van der Waals surface area contributed by atoms with E-state index in [0.717, 1.165) is 6.42 Å². The lowest BCUT2D eigenvalue weighted by atomic mass is 10.0. The normalized spacial score (nSPS) is 19.1. The molecule has 0 radical (unpaired) electrons. The highest BCUT2D eigenvalue weighted by atomic mass is 35.5. The van der Waals surface area contributed by atoms with Crippen LogP contribution in [-0.4, -0.2) is 45.3 Å². The highest BCUT2D eigenvalue weighted by molar-refractivity contribution is 6.31. The summed E-state index contributed by atoms with van der Waals surface area (Å²) >= 11 is 5.81. The van der Waals surface area contributed by atoms with Crippen LogP contribution in [-0.2, 0) is 0 Å². The van der Waals surface area contributed by atoms with Crippen LogP contribution >= 0.6 is 11.6 Å². The van der Waals surface area contributed by atoms with Gasteiger partial charge in [-0.25, -0.2) is 4.39 Å². The Bertz CT molecular complexity index is 732. The van der Waals surface area contributed by atoms with Gasteiger partial charge in [0.2, 0.25) is 0 Å². The van der Waals surface area contributed by atoms with Gasteiger partial charge in [0, 0.05) is 24.6 Å². The summed E-state index contributed by atoms with van der Waals surface area (Å²) in [5.74, 6) is -0.575. The predicted octanol–water partition coefficient (Wildman–Crippen LogP) is 2.71. The number of halogens is 2. The standard InChI is InChI=1S/C16H17ClFN3O2/c1-9(22)11-4-5-21(8-11)16(23)12-7-19-20-15(12)10-2-3-14(18)13(17)6-10/h2-3,6-7,9,11,22H,4-5,8H2,1H3,(H,19,20). The monoisotopic (exact) mass is 337 g/mol. The Balaban J connectivity index is 1.86. The van der Waals surface area contributed by atoms with Crippen molar-refractivity contribution in [2.45, 2.75) is 19.4 Å². The largest absolute Gasteiger partial charge is 0.393 e. The minimum absolute atomic E-state index is 0.00848. The van der Waals surface area contributed by atoms with Crippen LogP contribution in [0.25, 0.3) is 11.3 Å². The first kappa shape index (κ1) is 16.0. The molecule has 0 bridgehead atoms. The Morgan fingerprint density at radius 1 is 1.57 bits per heavy atom. The van der Waals surface area contributed by atoms with E-state index in [9.17, 15) is 14.3 Å². The molecule has 0 aliphatic carbocycles. The second-order valence-electron chi connectivity index (χ2n) is 5.83. The van der Waals surface area contributed by atoms with Gasteiger partial charge in [0.15, 0.2) is 0 Å². The maximum Gasteiger partial charge on any atom is 0.257 e. The SMILES string of the molecule is CC(O)C1CCN(C(=O)c2cn[nH]c2-c2ccc(F)c(Cl)c2)C1. The van der Waals surface area contributed by atoms with Crippen molar-refractivity contribution in [1.82, 2.24) is 15.1 Å². The summed E-state index contributed by atoms with van der Waals surface area (Å²) in [6, 6.07) is 4.27. The highest BCUT2D eigenvalue weighted by Crippen LogP contribution is 2.28. The third-order valence-corrected chi connectivity index (χ3v) is 4.56. The molecular weight excluding hydrogens is 321 g/mol. The van der Waals surface area contributed by atoms with Crippen molar-refractivity contribution in [2.75, 3.05) is 13.1 Å². The molecule has 3 rings (SSSR count). The molecule has 2 atom stereocenters. The number of amides is 1. The number of likely N-dealkylation sites (tertiary alicyclic amines) is 1. The number of hydrogen-bond donors (Lipinski definition) is 2. The van der Waals surface area contributed by atoms with Gasteiger partial charge < -0.3 is 10.0 Å². The number of aromatic amines is 1. The summed E-state index contributed by atoms with van der Waals surface area (Å²) in [6.07, 6.45) is 1.80. The Morgan fingerprint density at radius 2 is 2.35 bits per heavy atom. The number of nitrogens with zero attached hydrogens (tertiary/aromatic N) is 2. The number of carbonyl (C=O) groups excluding carboxylic acids is 1. The number of hydrogen-bond acceptors (Lipinski definition) is 3.